The number of fused-ring (bicyclic) bond motifs is 3. The van der Waals surface area contributed by atoms with Crippen molar-refractivity contribution in [1.82, 2.24) is 5.32 Å². The summed E-state index contributed by atoms with van der Waals surface area (Å²) in [5.41, 5.74) is 4.34. The van der Waals surface area contributed by atoms with E-state index in [0.29, 0.717) is 0 Å². The lowest BCUT2D eigenvalue weighted by Gasteiger charge is -2.28. The number of amides is 1. The second-order valence-corrected chi connectivity index (χ2v) is 6.24. The van der Waals surface area contributed by atoms with Crippen molar-refractivity contribution in [2.75, 3.05) is 19.8 Å². The van der Waals surface area contributed by atoms with E-state index < -0.39 is 18.0 Å². The van der Waals surface area contributed by atoms with Gasteiger partial charge in [-0.3, -0.25) is 5.32 Å². The van der Waals surface area contributed by atoms with Crippen LogP contribution in [0.4, 0.5) is 4.79 Å². The van der Waals surface area contributed by atoms with Gasteiger partial charge in [-0.05, 0) is 36.1 Å². The Labute approximate surface area is 163 Å². The van der Waals surface area contributed by atoms with Gasteiger partial charge in [-0.15, -0.1) is 0 Å². The standard InChI is InChI=1S/C21H23NO6/c1-3-27-21(19(23)24,28-4-2)22-20(25)26-13-18-16-11-7-5-9-14(16)15-10-6-8-12-17(15)18/h5-12,18H,3-4,13H2,1-2H3,(H,22,25)(H,23,24). The highest BCUT2D eigenvalue weighted by Gasteiger charge is 2.43. The summed E-state index contributed by atoms with van der Waals surface area (Å²) in [4.78, 5) is 23.9. The van der Waals surface area contributed by atoms with E-state index in [4.69, 9.17) is 14.2 Å². The number of hydrogen-bond donors (Lipinski definition) is 2. The average Bonchev–Trinajstić information content (AvgIpc) is 3.00. The smallest absolute Gasteiger partial charge is 0.411 e. The summed E-state index contributed by atoms with van der Waals surface area (Å²) < 4.78 is 15.7. The van der Waals surface area contributed by atoms with Crippen molar-refractivity contribution in [3.05, 3.63) is 59.7 Å². The Hall–Kier alpha value is -2.90. The van der Waals surface area contributed by atoms with Crippen molar-refractivity contribution < 1.29 is 28.9 Å². The van der Waals surface area contributed by atoms with Crippen LogP contribution in [-0.4, -0.2) is 42.9 Å². The zero-order chi connectivity index (χ0) is 20.1. The minimum Gasteiger partial charge on any atom is -0.476 e. The average molecular weight is 385 g/mol. The van der Waals surface area contributed by atoms with Crippen LogP contribution >= 0.6 is 0 Å². The first-order valence-corrected chi connectivity index (χ1v) is 9.16. The second-order valence-electron chi connectivity index (χ2n) is 6.24. The van der Waals surface area contributed by atoms with E-state index in [2.05, 4.69) is 5.32 Å². The van der Waals surface area contributed by atoms with Crippen molar-refractivity contribution in [2.24, 2.45) is 0 Å². The molecule has 3 rings (SSSR count). The maximum atomic E-state index is 12.3. The third-order valence-electron chi connectivity index (χ3n) is 4.59. The van der Waals surface area contributed by atoms with Crippen LogP contribution in [-0.2, 0) is 19.0 Å². The van der Waals surface area contributed by atoms with Crippen molar-refractivity contribution in [1.29, 1.82) is 0 Å². The lowest BCUT2D eigenvalue weighted by atomic mass is 9.98. The Bertz CT molecular complexity index is 814. The molecule has 0 spiro atoms. The van der Waals surface area contributed by atoms with Crippen LogP contribution in [0, 0.1) is 0 Å². The van der Waals surface area contributed by atoms with E-state index >= 15 is 0 Å². The van der Waals surface area contributed by atoms with Gasteiger partial charge in [0.1, 0.15) is 6.61 Å². The lowest BCUT2D eigenvalue weighted by molar-refractivity contribution is -0.251. The molecule has 2 aromatic rings. The molecule has 0 fully saturated rings. The number of rotatable bonds is 8. The zero-order valence-electron chi connectivity index (χ0n) is 15.8. The quantitative estimate of drug-likeness (QED) is 0.677. The molecule has 7 heteroatoms. The molecule has 2 aromatic carbocycles. The van der Waals surface area contributed by atoms with Crippen LogP contribution in [0.25, 0.3) is 11.1 Å². The molecular weight excluding hydrogens is 362 g/mol. The monoisotopic (exact) mass is 385 g/mol. The summed E-state index contributed by atoms with van der Waals surface area (Å²) in [6, 6.07) is 15.9. The number of carboxylic acids is 1. The van der Waals surface area contributed by atoms with Gasteiger partial charge >= 0.3 is 18.0 Å². The van der Waals surface area contributed by atoms with Gasteiger partial charge in [-0.25, -0.2) is 9.59 Å². The Morgan fingerprint density at radius 1 is 0.964 bits per heavy atom. The minimum absolute atomic E-state index is 0.0377. The number of aliphatic carboxylic acids is 1. The van der Waals surface area contributed by atoms with E-state index in [1.807, 2.05) is 48.5 Å². The molecule has 1 amide bonds. The Morgan fingerprint density at radius 2 is 1.46 bits per heavy atom. The molecule has 0 radical (unpaired) electrons. The van der Waals surface area contributed by atoms with Crippen LogP contribution < -0.4 is 5.32 Å². The number of nitrogens with one attached hydrogen (secondary N) is 1. The van der Waals surface area contributed by atoms with Crippen LogP contribution in [0.1, 0.15) is 30.9 Å². The minimum atomic E-state index is -2.27. The fourth-order valence-electron chi connectivity index (χ4n) is 3.47. The predicted octanol–water partition coefficient (Wildman–Crippen LogP) is 3.34. The number of alkyl carbamates (subject to hydrolysis) is 1. The van der Waals surface area contributed by atoms with E-state index in [-0.39, 0.29) is 25.7 Å². The van der Waals surface area contributed by atoms with Gasteiger partial charge in [0.25, 0.3) is 0 Å². The van der Waals surface area contributed by atoms with E-state index in [9.17, 15) is 14.7 Å². The molecule has 0 aromatic heterocycles. The maximum Gasteiger partial charge on any atom is 0.411 e. The van der Waals surface area contributed by atoms with E-state index in [0.717, 1.165) is 22.3 Å². The second kappa shape index (κ2) is 8.41. The van der Waals surface area contributed by atoms with Gasteiger partial charge in [-0.2, -0.15) is 0 Å². The molecule has 0 saturated carbocycles. The summed E-state index contributed by atoms with van der Waals surface area (Å²) in [7, 11) is 0. The Kier molecular flexibility index (Phi) is 5.96. The fraction of sp³-hybridized carbons (Fsp3) is 0.333. The topological polar surface area (TPSA) is 94.1 Å². The highest BCUT2D eigenvalue weighted by Crippen LogP contribution is 2.44. The molecule has 1 aliphatic carbocycles. The SMILES string of the molecule is CCOC(NC(=O)OCC1c2ccccc2-c2ccccc21)(OCC)C(=O)O. The third-order valence-corrected chi connectivity index (χ3v) is 4.59. The summed E-state index contributed by atoms with van der Waals surface area (Å²) in [6.07, 6.45) is -0.925. The zero-order valence-corrected chi connectivity index (χ0v) is 15.8. The summed E-state index contributed by atoms with van der Waals surface area (Å²) in [5, 5.41) is 11.7. The highest BCUT2D eigenvalue weighted by molar-refractivity contribution is 5.82. The van der Waals surface area contributed by atoms with E-state index in [1.54, 1.807) is 13.8 Å². The fourth-order valence-corrected chi connectivity index (χ4v) is 3.47. The highest BCUT2D eigenvalue weighted by atomic mass is 16.7. The first-order valence-electron chi connectivity index (χ1n) is 9.16. The molecule has 0 bridgehead atoms. The lowest BCUT2D eigenvalue weighted by Crippen LogP contribution is -2.58. The van der Waals surface area contributed by atoms with Crippen molar-refractivity contribution in [3.63, 3.8) is 0 Å². The van der Waals surface area contributed by atoms with Gasteiger partial charge < -0.3 is 19.3 Å². The largest absolute Gasteiger partial charge is 0.476 e. The van der Waals surface area contributed by atoms with Crippen molar-refractivity contribution in [2.45, 2.75) is 25.7 Å². The molecule has 1 aliphatic rings. The van der Waals surface area contributed by atoms with E-state index in [1.165, 1.54) is 0 Å². The van der Waals surface area contributed by atoms with Crippen LogP contribution in [0.3, 0.4) is 0 Å². The summed E-state index contributed by atoms with van der Waals surface area (Å²) >= 11 is 0. The molecule has 0 unspecified atom stereocenters. The molecule has 7 nitrogen and oxygen atoms in total. The molecule has 0 heterocycles. The number of carbonyl (C=O) groups is 2. The molecule has 0 atom stereocenters. The summed E-state index contributed by atoms with van der Waals surface area (Å²) in [5.74, 6) is -3.85. The van der Waals surface area contributed by atoms with Crippen molar-refractivity contribution in [3.8, 4) is 11.1 Å². The van der Waals surface area contributed by atoms with Crippen LogP contribution in [0.15, 0.2) is 48.5 Å². The molecular formula is C21H23NO6. The number of ether oxygens (including phenoxy) is 3. The van der Waals surface area contributed by atoms with Crippen molar-refractivity contribution >= 4 is 12.1 Å². The first-order chi connectivity index (χ1) is 13.5. The normalized spacial score (nSPS) is 12.9. The number of carbonyl (C=O) groups excluding carboxylic acids is 1. The first kappa shape index (κ1) is 19.9. The Morgan fingerprint density at radius 3 is 1.93 bits per heavy atom. The molecule has 28 heavy (non-hydrogen) atoms. The molecule has 148 valence electrons. The predicted molar refractivity (Wildman–Crippen MR) is 102 cm³/mol. The third kappa shape index (κ3) is 3.72. The number of hydrogen-bond acceptors (Lipinski definition) is 5. The number of benzene rings is 2. The van der Waals surface area contributed by atoms with Gasteiger partial charge in [0.2, 0.25) is 0 Å². The maximum absolute atomic E-state index is 12.3. The number of carboxylic acid groups (broad SMARTS) is 1. The van der Waals surface area contributed by atoms with Gasteiger partial charge in [-0.1, -0.05) is 48.5 Å². The van der Waals surface area contributed by atoms with Crippen LogP contribution in [0.2, 0.25) is 0 Å². The summed E-state index contributed by atoms with van der Waals surface area (Å²) in [6.45, 7) is 3.35. The van der Waals surface area contributed by atoms with Gasteiger partial charge in [0.15, 0.2) is 0 Å². The van der Waals surface area contributed by atoms with Gasteiger partial charge in [0, 0.05) is 19.1 Å². The van der Waals surface area contributed by atoms with Crippen LogP contribution in [0.5, 0.6) is 0 Å². The molecule has 0 aliphatic heterocycles. The van der Waals surface area contributed by atoms with Gasteiger partial charge in [0.05, 0.1) is 0 Å². The molecule has 2 N–H and O–H groups in total. The molecule has 0 saturated heterocycles. The Balaban J connectivity index is 1.75.